The summed E-state index contributed by atoms with van der Waals surface area (Å²) in [5, 5.41) is 19.1. The number of methoxy groups -OCH3 is 1. The molecule has 1 rings (SSSR count). The van der Waals surface area contributed by atoms with Gasteiger partial charge in [-0.05, 0) is 0 Å². The minimum atomic E-state index is -3.13. The Morgan fingerprint density at radius 1 is 1.69 bits per heavy atom. The number of alkyl halides is 2. The molecule has 0 N–H and O–H groups in total. The van der Waals surface area contributed by atoms with Gasteiger partial charge in [-0.1, -0.05) is 0 Å². The Kier molecular flexibility index (Phi) is 3.30. The number of aromatic nitrogens is 1. The van der Waals surface area contributed by atoms with E-state index in [1.807, 2.05) is 0 Å². The number of rotatable bonds is 3. The van der Waals surface area contributed by atoms with Crippen LogP contribution in [-0.4, -0.2) is 17.0 Å². The third-order valence-electron chi connectivity index (χ3n) is 1.73. The van der Waals surface area contributed by atoms with Crippen LogP contribution in [0.15, 0.2) is 6.07 Å². The fourth-order valence-electron chi connectivity index (χ4n) is 1.04. The minimum absolute atomic E-state index is 0.210. The lowest BCUT2D eigenvalue weighted by Gasteiger charge is -2.05. The van der Waals surface area contributed by atoms with Crippen molar-refractivity contribution in [2.45, 2.75) is 6.43 Å². The number of nitro groups is 1. The zero-order valence-corrected chi connectivity index (χ0v) is 7.98. The minimum Gasteiger partial charge on any atom is -0.493 e. The monoisotopic (exact) mass is 229 g/mol. The average Bonchev–Trinajstić information content (AvgIpc) is 2.26. The number of halogens is 2. The quantitative estimate of drug-likeness (QED) is 0.582. The fraction of sp³-hybridized carbons (Fsp3) is 0.250. The summed E-state index contributed by atoms with van der Waals surface area (Å²) in [5.74, 6) is -0.210. The molecule has 0 aliphatic rings. The van der Waals surface area contributed by atoms with Gasteiger partial charge in [0.25, 0.3) is 12.1 Å². The van der Waals surface area contributed by atoms with Gasteiger partial charge in [-0.25, -0.2) is 13.8 Å². The summed E-state index contributed by atoms with van der Waals surface area (Å²) in [4.78, 5) is 12.7. The first-order valence-electron chi connectivity index (χ1n) is 3.92. The van der Waals surface area contributed by atoms with Crippen molar-refractivity contribution in [3.8, 4) is 11.8 Å². The lowest BCUT2D eigenvalue weighted by atomic mass is 10.2. The number of ether oxygens (including phenoxy) is 1. The zero-order chi connectivity index (χ0) is 12.3. The van der Waals surface area contributed by atoms with Crippen LogP contribution >= 0.6 is 0 Å². The molecule has 8 heteroatoms. The number of hydrogen-bond acceptors (Lipinski definition) is 5. The molecule has 84 valence electrons. The second kappa shape index (κ2) is 4.48. The van der Waals surface area contributed by atoms with Crippen molar-refractivity contribution >= 4 is 5.69 Å². The summed E-state index contributed by atoms with van der Waals surface area (Å²) >= 11 is 0. The molecule has 6 nitrogen and oxygen atoms in total. The maximum atomic E-state index is 12.4. The smallest absolute Gasteiger partial charge is 0.300 e. The number of hydrogen-bond donors (Lipinski definition) is 0. The van der Waals surface area contributed by atoms with Crippen LogP contribution in [0.25, 0.3) is 0 Å². The molecule has 1 heterocycles. The highest BCUT2D eigenvalue weighted by molar-refractivity contribution is 5.49. The van der Waals surface area contributed by atoms with E-state index in [0.29, 0.717) is 0 Å². The van der Waals surface area contributed by atoms with E-state index in [1.54, 1.807) is 0 Å². The van der Waals surface area contributed by atoms with Crippen molar-refractivity contribution in [2.75, 3.05) is 7.11 Å². The van der Waals surface area contributed by atoms with Crippen LogP contribution in [0, 0.1) is 21.4 Å². The molecule has 0 spiro atoms. The van der Waals surface area contributed by atoms with Gasteiger partial charge in [0, 0.05) is 0 Å². The lowest BCUT2D eigenvalue weighted by Crippen LogP contribution is -2.03. The van der Waals surface area contributed by atoms with Crippen molar-refractivity contribution in [1.82, 2.24) is 4.98 Å². The molecule has 0 saturated carbocycles. The first kappa shape index (κ1) is 11.8. The number of nitriles is 1. The van der Waals surface area contributed by atoms with Gasteiger partial charge in [-0.3, -0.25) is 10.1 Å². The molecule has 0 unspecified atom stereocenters. The van der Waals surface area contributed by atoms with Crippen molar-refractivity contribution in [2.24, 2.45) is 0 Å². The highest BCUT2D eigenvalue weighted by atomic mass is 19.3. The van der Waals surface area contributed by atoms with Crippen LogP contribution in [0.1, 0.15) is 17.8 Å². The van der Waals surface area contributed by atoms with E-state index < -0.39 is 28.4 Å². The summed E-state index contributed by atoms with van der Waals surface area (Å²) in [6.07, 6.45) is -3.13. The molecule has 1 aromatic rings. The predicted octanol–water partition coefficient (Wildman–Crippen LogP) is 1.81. The maximum Gasteiger partial charge on any atom is 0.300 e. The molecule has 0 atom stereocenters. The Balaban J connectivity index is 3.49. The van der Waals surface area contributed by atoms with E-state index in [4.69, 9.17) is 5.26 Å². The van der Waals surface area contributed by atoms with Gasteiger partial charge >= 0.3 is 0 Å². The SMILES string of the molecule is COc1cc([N+](=O)[O-])c(C(F)F)nc1C#N. The Bertz CT molecular complexity index is 470. The van der Waals surface area contributed by atoms with Crippen molar-refractivity contribution in [1.29, 1.82) is 5.26 Å². The summed E-state index contributed by atoms with van der Waals surface area (Å²) in [5.41, 5.74) is -2.32. The highest BCUT2D eigenvalue weighted by Crippen LogP contribution is 2.31. The molecule has 0 aliphatic heterocycles. The molecule has 0 aliphatic carbocycles. The molecule has 0 fully saturated rings. The summed E-state index contributed by atoms with van der Waals surface area (Å²) in [6.45, 7) is 0. The zero-order valence-electron chi connectivity index (χ0n) is 7.98. The molecule has 0 radical (unpaired) electrons. The summed E-state index contributed by atoms with van der Waals surface area (Å²) in [7, 11) is 1.16. The molecule has 0 aromatic carbocycles. The topological polar surface area (TPSA) is 89.1 Å². The second-order valence-corrected chi connectivity index (χ2v) is 2.61. The van der Waals surface area contributed by atoms with Crippen molar-refractivity contribution in [3.63, 3.8) is 0 Å². The molecular weight excluding hydrogens is 224 g/mol. The standard InChI is InChI=1S/C8H5F2N3O3/c1-16-6-2-5(13(14)15)7(8(9)10)12-4(6)3-11/h2,8H,1H3. The molecule has 0 saturated heterocycles. The van der Waals surface area contributed by atoms with E-state index in [-0.39, 0.29) is 5.75 Å². The first-order valence-corrected chi connectivity index (χ1v) is 3.92. The van der Waals surface area contributed by atoms with Crippen LogP contribution in [-0.2, 0) is 0 Å². The third kappa shape index (κ3) is 2.03. The van der Waals surface area contributed by atoms with E-state index in [2.05, 4.69) is 9.72 Å². The van der Waals surface area contributed by atoms with Gasteiger partial charge in [0.05, 0.1) is 18.1 Å². The predicted molar refractivity (Wildman–Crippen MR) is 47.1 cm³/mol. The van der Waals surface area contributed by atoms with Gasteiger partial charge in [0.15, 0.2) is 17.1 Å². The van der Waals surface area contributed by atoms with Gasteiger partial charge in [-0.2, -0.15) is 5.26 Å². The maximum absolute atomic E-state index is 12.4. The molecule has 0 amide bonds. The molecule has 1 aromatic heterocycles. The van der Waals surface area contributed by atoms with Crippen LogP contribution in [0.5, 0.6) is 5.75 Å². The van der Waals surface area contributed by atoms with E-state index in [1.165, 1.54) is 6.07 Å². The van der Waals surface area contributed by atoms with Crippen LogP contribution in [0.2, 0.25) is 0 Å². The Labute approximate surface area is 88.2 Å². The Morgan fingerprint density at radius 2 is 2.31 bits per heavy atom. The third-order valence-corrected chi connectivity index (χ3v) is 1.73. The van der Waals surface area contributed by atoms with Crippen LogP contribution in [0.3, 0.4) is 0 Å². The van der Waals surface area contributed by atoms with Crippen molar-refractivity contribution < 1.29 is 18.4 Å². The summed E-state index contributed by atoms with van der Waals surface area (Å²) in [6, 6.07) is 2.27. The van der Waals surface area contributed by atoms with E-state index in [9.17, 15) is 18.9 Å². The normalized spacial score (nSPS) is 9.94. The largest absolute Gasteiger partial charge is 0.493 e. The number of nitrogens with zero attached hydrogens (tertiary/aromatic N) is 3. The Morgan fingerprint density at radius 3 is 2.69 bits per heavy atom. The lowest BCUT2D eigenvalue weighted by molar-refractivity contribution is -0.386. The number of pyridine rings is 1. The van der Waals surface area contributed by atoms with Gasteiger partial charge < -0.3 is 4.74 Å². The highest BCUT2D eigenvalue weighted by Gasteiger charge is 2.26. The van der Waals surface area contributed by atoms with Crippen molar-refractivity contribution in [3.05, 3.63) is 27.6 Å². The first-order chi connectivity index (χ1) is 7.51. The van der Waals surface area contributed by atoms with Gasteiger partial charge in [0.1, 0.15) is 6.07 Å². The summed E-state index contributed by atoms with van der Waals surface area (Å²) < 4.78 is 29.5. The molecule has 16 heavy (non-hydrogen) atoms. The average molecular weight is 229 g/mol. The molecular formula is C8H5F2N3O3. The van der Waals surface area contributed by atoms with Gasteiger partial charge in [-0.15, -0.1) is 0 Å². The van der Waals surface area contributed by atoms with Gasteiger partial charge in [0.2, 0.25) is 0 Å². The van der Waals surface area contributed by atoms with Crippen LogP contribution < -0.4 is 4.74 Å². The second-order valence-electron chi connectivity index (χ2n) is 2.61. The fourth-order valence-corrected chi connectivity index (χ4v) is 1.04. The Hall–Kier alpha value is -2.30. The van der Waals surface area contributed by atoms with E-state index in [0.717, 1.165) is 13.2 Å². The molecule has 0 bridgehead atoms. The van der Waals surface area contributed by atoms with Crippen LogP contribution in [0.4, 0.5) is 14.5 Å². The van der Waals surface area contributed by atoms with E-state index >= 15 is 0 Å².